The zero-order valence-corrected chi connectivity index (χ0v) is 13.0. The summed E-state index contributed by atoms with van der Waals surface area (Å²) in [5, 5.41) is 2.92. The van der Waals surface area contributed by atoms with Gasteiger partial charge >= 0.3 is 6.03 Å². The Bertz CT molecular complexity index is 386. The second kappa shape index (κ2) is 4.84. The molecule has 1 aliphatic carbocycles. The highest BCUT2D eigenvalue weighted by molar-refractivity contribution is 5.76. The van der Waals surface area contributed by atoms with Gasteiger partial charge in [0.2, 0.25) is 0 Å². The van der Waals surface area contributed by atoms with Crippen LogP contribution in [0.2, 0.25) is 0 Å². The normalized spacial score (nSPS) is 33.2. The molecule has 2 fully saturated rings. The highest BCUT2D eigenvalue weighted by Crippen LogP contribution is 2.52. The number of carbonyl (C=O) groups is 1. The molecule has 2 aliphatic rings. The van der Waals surface area contributed by atoms with E-state index >= 15 is 0 Å². The summed E-state index contributed by atoms with van der Waals surface area (Å²) < 4.78 is 0. The van der Waals surface area contributed by atoms with Crippen LogP contribution in [-0.2, 0) is 0 Å². The molecule has 1 saturated heterocycles. The molecule has 2 unspecified atom stereocenters. The number of amides is 2. The number of fused-ring (bicyclic) bond motifs is 2. The Hall–Kier alpha value is -0.990. The Kier molecular flexibility index (Phi) is 3.67. The molecule has 0 spiro atoms. The van der Waals surface area contributed by atoms with E-state index < -0.39 is 0 Å². The Morgan fingerprint density at radius 2 is 2.00 bits per heavy atom. The molecular weight excluding hydrogens is 236 g/mol. The lowest BCUT2D eigenvalue weighted by atomic mass is 9.65. The molecule has 1 heterocycles. The van der Waals surface area contributed by atoms with Crippen LogP contribution in [0, 0.1) is 16.7 Å². The van der Waals surface area contributed by atoms with Crippen molar-refractivity contribution < 1.29 is 4.79 Å². The van der Waals surface area contributed by atoms with Crippen LogP contribution in [0.3, 0.4) is 0 Å². The summed E-state index contributed by atoms with van der Waals surface area (Å²) in [4.78, 5) is 14.3. The summed E-state index contributed by atoms with van der Waals surface area (Å²) in [6.45, 7) is 12.1. The number of likely N-dealkylation sites (tertiary alicyclic amines) is 1. The van der Waals surface area contributed by atoms with E-state index in [1.807, 2.05) is 6.08 Å². The minimum atomic E-state index is 0.0725. The molecule has 19 heavy (non-hydrogen) atoms. The van der Waals surface area contributed by atoms with Gasteiger partial charge in [0.15, 0.2) is 0 Å². The topological polar surface area (TPSA) is 32.3 Å². The zero-order valence-electron chi connectivity index (χ0n) is 13.0. The summed E-state index contributed by atoms with van der Waals surface area (Å²) in [7, 11) is 0. The average molecular weight is 264 g/mol. The van der Waals surface area contributed by atoms with E-state index in [-0.39, 0.29) is 6.03 Å². The summed E-state index contributed by atoms with van der Waals surface area (Å²) in [6.07, 6.45) is 7.33. The number of carbonyl (C=O) groups excluding carboxylic acids is 1. The number of hydrogen-bond acceptors (Lipinski definition) is 1. The van der Waals surface area contributed by atoms with Crippen LogP contribution in [0.25, 0.3) is 0 Å². The van der Waals surface area contributed by atoms with E-state index in [2.05, 4.69) is 44.8 Å². The third kappa shape index (κ3) is 3.31. The fourth-order valence-corrected chi connectivity index (χ4v) is 4.09. The molecule has 3 heteroatoms. The van der Waals surface area contributed by atoms with Crippen LogP contribution in [-0.4, -0.2) is 23.5 Å². The fraction of sp³-hybridized carbons (Fsp3) is 0.812. The number of nitrogens with zero attached hydrogens (tertiary/aromatic N) is 1. The third-order valence-corrected chi connectivity index (χ3v) is 4.36. The second-order valence-electron chi connectivity index (χ2n) is 7.89. The quantitative estimate of drug-likeness (QED) is 0.809. The molecule has 108 valence electrons. The molecule has 1 aliphatic heterocycles. The number of nitrogens with one attached hydrogen (secondary N) is 1. The lowest BCUT2D eigenvalue weighted by Gasteiger charge is -2.39. The summed E-state index contributed by atoms with van der Waals surface area (Å²) >= 11 is 0. The van der Waals surface area contributed by atoms with Crippen molar-refractivity contribution >= 4 is 6.03 Å². The maximum atomic E-state index is 12.3. The number of urea groups is 1. The monoisotopic (exact) mass is 264 g/mol. The van der Waals surface area contributed by atoms with Gasteiger partial charge in [0.25, 0.3) is 0 Å². The molecule has 2 atom stereocenters. The van der Waals surface area contributed by atoms with E-state index in [4.69, 9.17) is 0 Å². The molecule has 1 saturated carbocycles. The van der Waals surface area contributed by atoms with Gasteiger partial charge in [0.05, 0.1) is 0 Å². The van der Waals surface area contributed by atoms with Gasteiger partial charge in [0.1, 0.15) is 0 Å². The van der Waals surface area contributed by atoms with Crippen LogP contribution in [0.15, 0.2) is 12.3 Å². The fourth-order valence-electron chi connectivity index (χ4n) is 4.09. The SMILES string of the molecule is CC(C)/C=C/NC(=O)N1CC2(C)CC1CC(C)(C)C2. The van der Waals surface area contributed by atoms with Gasteiger partial charge < -0.3 is 10.2 Å². The van der Waals surface area contributed by atoms with Crippen LogP contribution < -0.4 is 5.32 Å². The molecule has 2 bridgehead atoms. The predicted octanol–water partition coefficient (Wildman–Crippen LogP) is 3.77. The zero-order chi connectivity index (χ0) is 14.3. The predicted molar refractivity (Wildman–Crippen MR) is 78.7 cm³/mol. The summed E-state index contributed by atoms with van der Waals surface area (Å²) in [6, 6.07) is 0.490. The molecule has 3 nitrogen and oxygen atoms in total. The van der Waals surface area contributed by atoms with E-state index in [1.165, 1.54) is 6.42 Å². The lowest BCUT2D eigenvalue weighted by Crippen LogP contribution is -2.42. The largest absolute Gasteiger partial charge is 0.321 e. The van der Waals surface area contributed by atoms with E-state index in [0.29, 0.717) is 22.8 Å². The van der Waals surface area contributed by atoms with Crippen LogP contribution >= 0.6 is 0 Å². The maximum Gasteiger partial charge on any atom is 0.321 e. The molecule has 1 N–H and O–H groups in total. The highest BCUT2D eigenvalue weighted by atomic mass is 16.2. The van der Waals surface area contributed by atoms with Crippen molar-refractivity contribution in [1.82, 2.24) is 10.2 Å². The van der Waals surface area contributed by atoms with Crippen LogP contribution in [0.5, 0.6) is 0 Å². The Labute approximate surface area is 117 Å². The van der Waals surface area contributed by atoms with Gasteiger partial charge in [-0.05, 0) is 36.0 Å². The van der Waals surface area contributed by atoms with Crippen molar-refractivity contribution in [3.8, 4) is 0 Å². The first-order valence-electron chi connectivity index (χ1n) is 7.45. The van der Waals surface area contributed by atoms with E-state index in [0.717, 1.165) is 19.4 Å². The Morgan fingerprint density at radius 3 is 2.63 bits per heavy atom. The van der Waals surface area contributed by atoms with Gasteiger partial charge in [-0.15, -0.1) is 0 Å². The first-order chi connectivity index (χ1) is 8.71. The molecule has 0 aromatic heterocycles. The highest BCUT2D eigenvalue weighted by Gasteiger charge is 2.50. The average Bonchev–Trinajstić information content (AvgIpc) is 2.47. The number of allylic oxidation sites excluding steroid dienone is 1. The van der Waals surface area contributed by atoms with E-state index in [1.54, 1.807) is 6.20 Å². The smallest absolute Gasteiger partial charge is 0.321 e. The van der Waals surface area contributed by atoms with Crippen molar-refractivity contribution in [2.75, 3.05) is 6.54 Å². The Balaban J connectivity index is 2.01. The van der Waals surface area contributed by atoms with Crippen molar-refractivity contribution in [3.63, 3.8) is 0 Å². The van der Waals surface area contributed by atoms with Gasteiger partial charge in [-0.3, -0.25) is 0 Å². The molecular formula is C16H28N2O. The van der Waals surface area contributed by atoms with Crippen molar-refractivity contribution in [2.24, 2.45) is 16.7 Å². The number of rotatable bonds is 2. The molecule has 0 aromatic rings. The lowest BCUT2D eigenvalue weighted by molar-refractivity contribution is 0.129. The summed E-state index contributed by atoms with van der Waals surface area (Å²) in [5.74, 6) is 0.467. The Morgan fingerprint density at radius 1 is 1.32 bits per heavy atom. The van der Waals surface area contributed by atoms with Crippen molar-refractivity contribution in [1.29, 1.82) is 0 Å². The first kappa shape index (κ1) is 14.4. The molecule has 0 aromatic carbocycles. The molecule has 2 amide bonds. The van der Waals surface area contributed by atoms with Crippen molar-refractivity contribution in [2.45, 2.75) is 59.9 Å². The maximum absolute atomic E-state index is 12.3. The van der Waals surface area contributed by atoms with Crippen LogP contribution in [0.4, 0.5) is 4.79 Å². The first-order valence-corrected chi connectivity index (χ1v) is 7.45. The third-order valence-electron chi connectivity index (χ3n) is 4.36. The minimum absolute atomic E-state index is 0.0725. The van der Waals surface area contributed by atoms with Gasteiger partial charge in [-0.2, -0.15) is 0 Å². The van der Waals surface area contributed by atoms with E-state index in [9.17, 15) is 4.79 Å². The molecule has 0 radical (unpaired) electrons. The van der Waals surface area contributed by atoms with Gasteiger partial charge in [-0.1, -0.05) is 40.7 Å². The van der Waals surface area contributed by atoms with Crippen LogP contribution in [0.1, 0.15) is 53.9 Å². The van der Waals surface area contributed by atoms with Gasteiger partial charge in [-0.25, -0.2) is 4.79 Å². The molecule has 2 rings (SSSR count). The minimum Gasteiger partial charge on any atom is -0.321 e. The standard InChI is InChI=1S/C16H28N2O/c1-12(2)6-7-17-14(19)18-11-16(5)9-13(18)8-15(3,4)10-16/h6-7,12-13H,8-11H2,1-5H3,(H,17,19)/b7-6+. The summed E-state index contributed by atoms with van der Waals surface area (Å²) in [5.41, 5.74) is 0.673. The number of hydrogen-bond donors (Lipinski definition) is 1. The van der Waals surface area contributed by atoms with Crippen molar-refractivity contribution in [3.05, 3.63) is 12.3 Å². The second-order valence-corrected chi connectivity index (χ2v) is 7.89. The van der Waals surface area contributed by atoms with Gasteiger partial charge in [0, 0.05) is 18.8 Å².